The van der Waals surface area contributed by atoms with E-state index < -0.39 is 5.78 Å². The Morgan fingerprint density at radius 2 is 1.62 bits per heavy atom. The molecule has 0 atom stereocenters. The number of hydrogen-bond donors (Lipinski definition) is 2. The summed E-state index contributed by atoms with van der Waals surface area (Å²) in [5, 5.41) is 6.54. The molecule has 2 aliphatic rings. The minimum absolute atomic E-state index is 0.0807. The molecule has 0 saturated carbocycles. The second-order valence-electron chi connectivity index (χ2n) is 8.04. The van der Waals surface area contributed by atoms with E-state index in [2.05, 4.69) is 20.6 Å². The molecule has 190 valence electrons. The summed E-state index contributed by atoms with van der Waals surface area (Å²) in [5.74, 6) is 1.74. The Morgan fingerprint density at radius 1 is 0.865 bits per heavy atom. The standard InChI is InChI=1S/C26H24N4O7/c1-33-5-6-36-25-13-17-16(10-23(25)34-2)26(28-14-27-17)30-19-12-20(31)18(11-21(19)32)29-15-3-4-22-24(9-15)37-8-7-35-22/h3-4,9-14,29H,5-8H2,1-2H3,(H,27,28,30). The molecule has 1 aromatic heterocycles. The molecule has 11 heteroatoms. The Bertz CT molecular complexity index is 1430. The van der Waals surface area contributed by atoms with Crippen LogP contribution in [0, 0.1) is 0 Å². The quantitative estimate of drug-likeness (QED) is 0.329. The van der Waals surface area contributed by atoms with Crippen LogP contribution in [0.4, 0.5) is 11.5 Å². The van der Waals surface area contributed by atoms with Gasteiger partial charge >= 0.3 is 0 Å². The monoisotopic (exact) mass is 504 g/mol. The summed E-state index contributed by atoms with van der Waals surface area (Å²) >= 11 is 0. The van der Waals surface area contributed by atoms with Crippen LogP contribution in [0.2, 0.25) is 0 Å². The van der Waals surface area contributed by atoms with Gasteiger partial charge in [0.25, 0.3) is 0 Å². The molecule has 2 heterocycles. The molecule has 0 spiro atoms. The van der Waals surface area contributed by atoms with Crippen molar-refractivity contribution in [1.82, 2.24) is 9.97 Å². The fraction of sp³-hybridized carbons (Fsp3) is 0.231. The third-order valence-corrected chi connectivity index (χ3v) is 5.62. The SMILES string of the molecule is COCCOc1cc2ncnc(NC3=CC(=O)C(Nc4ccc5c(c4)OCCO5)=CC3=O)c2cc1OC. The predicted octanol–water partition coefficient (Wildman–Crippen LogP) is 2.88. The highest BCUT2D eigenvalue weighted by molar-refractivity contribution is 6.22. The largest absolute Gasteiger partial charge is 0.493 e. The lowest BCUT2D eigenvalue weighted by molar-refractivity contribution is -0.115. The summed E-state index contributed by atoms with van der Waals surface area (Å²) in [6.45, 7) is 1.68. The third-order valence-electron chi connectivity index (χ3n) is 5.62. The molecule has 1 aliphatic heterocycles. The molecule has 5 rings (SSSR count). The Labute approximate surface area is 212 Å². The van der Waals surface area contributed by atoms with Gasteiger partial charge in [-0.1, -0.05) is 0 Å². The number of nitrogens with zero attached hydrogens (tertiary/aromatic N) is 2. The molecule has 3 aromatic rings. The number of carbonyl (C=O) groups is 2. The van der Waals surface area contributed by atoms with Crippen LogP contribution in [0.3, 0.4) is 0 Å². The lowest BCUT2D eigenvalue weighted by atomic mass is 10.1. The maximum absolute atomic E-state index is 12.9. The number of aromatic nitrogens is 2. The van der Waals surface area contributed by atoms with Crippen molar-refractivity contribution in [1.29, 1.82) is 0 Å². The van der Waals surface area contributed by atoms with Gasteiger partial charge in [0.1, 0.15) is 32.0 Å². The first-order valence-electron chi connectivity index (χ1n) is 11.5. The van der Waals surface area contributed by atoms with Crippen LogP contribution in [0.5, 0.6) is 23.0 Å². The Morgan fingerprint density at radius 3 is 2.38 bits per heavy atom. The molecule has 1 aliphatic carbocycles. The summed E-state index contributed by atoms with van der Waals surface area (Å²) in [7, 11) is 3.11. The number of nitrogens with one attached hydrogen (secondary N) is 2. The molecular weight excluding hydrogens is 480 g/mol. The van der Waals surface area contributed by atoms with E-state index in [1.165, 1.54) is 25.6 Å². The van der Waals surface area contributed by atoms with E-state index in [0.29, 0.717) is 71.8 Å². The first kappa shape index (κ1) is 24.1. The number of rotatable bonds is 9. The van der Waals surface area contributed by atoms with Crippen molar-refractivity contribution in [3.63, 3.8) is 0 Å². The lowest BCUT2D eigenvalue weighted by Crippen LogP contribution is -2.22. The molecule has 37 heavy (non-hydrogen) atoms. The van der Waals surface area contributed by atoms with Gasteiger partial charge in [-0.3, -0.25) is 9.59 Å². The van der Waals surface area contributed by atoms with E-state index in [1.54, 1.807) is 37.4 Å². The molecule has 0 fully saturated rings. The maximum atomic E-state index is 12.9. The highest BCUT2D eigenvalue weighted by atomic mass is 16.6. The van der Waals surface area contributed by atoms with Crippen LogP contribution in [0.15, 0.2) is 60.2 Å². The minimum Gasteiger partial charge on any atom is -0.493 e. The molecule has 11 nitrogen and oxygen atoms in total. The van der Waals surface area contributed by atoms with Gasteiger partial charge < -0.3 is 34.3 Å². The van der Waals surface area contributed by atoms with Crippen LogP contribution < -0.4 is 29.6 Å². The van der Waals surface area contributed by atoms with Gasteiger partial charge in [0.05, 0.1) is 30.6 Å². The molecule has 2 aromatic carbocycles. The van der Waals surface area contributed by atoms with Gasteiger partial charge in [-0.15, -0.1) is 0 Å². The van der Waals surface area contributed by atoms with E-state index >= 15 is 0 Å². The Balaban J connectivity index is 1.35. The highest BCUT2D eigenvalue weighted by Gasteiger charge is 2.23. The topological polar surface area (TPSA) is 130 Å². The lowest BCUT2D eigenvalue weighted by Gasteiger charge is -2.20. The maximum Gasteiger partial charge on any atom is 0.204 e. The molecular formula is C26H24N4O7. The molecule has 0 saturated heterocycles. The number of hydrogen-bond acceptors (Lipinski definition) is 11. The zero-order valence-corrected chi connectivity index (χ0v) is 20.2. The number of ketones is 2. The van der Waals surface area contributed by atoms with Crippen molar-refractivity contribution in [3.05, 3.63) is 60.2 Å². The summed E-state index contributed by atoms with van der Waals surface area (Å²) in [4.78, 5) is 34.3. The second kappa shape index (κ2) is 10.5. The van der Waals surface area contributed by atoms with E-state index in [0.717, 1.165) is 0 Å². The van der Waals surface area contributed by atoms with Crippen LogP contribution >= 0.6 is 0 Å². The van der Waals surface area contributed by atoms with Crippen molar-refractivity contribution in [2.45, 2.75) is 0 Å². The molecule has 0 radical (unpaired) electrons. The average Bonchev–Trinajstić information content (AvgIpc) is 2.91. The summed E-state index contributed by atoms with van der Waals surface area (Å²) in [6.07, 6.45) is 3.83. The van der Waals surface area contributed by atoms with Crippen LogP contribution in [0.1, 0.15) is 0 Å². The number of anilines is 2. The van der Waals surface area contributed by atoms with Gasteiger partial charge in [-0.05, 0) is 18.2 Å². The van der Waals surface area contributed by atoms with Crippen LogP contribution in [0.25, 0.3) is 10.9 Å². The predicted molar refractivity (Wildman–Crippen MR) is 134 cm³/mol. The average molecular weight is 504 g/mol. The second-order valence-corrected chi connectivity index (χ2v) is 8.04. The van der Waals surface area contributed by atoms with E-state index in [-0.39, 0.29) is 17.2 Å². The first-order valence-corrected chi connectivity index (χ1v) is 11.5. The van der Waals surface area contributed by atoms with Crippen molar-refractivity contribution in [3.8, 4) is 23.0 Å². The van der Waals surface area contributed by atoms with Crippen LogP contribution in [-0.2, 0) is 14.3 Å². The highest BCUT2D eigenvalue weighted by Crippen LogP contribution is 2.35. The van der Waals surface area contributed by atoms with Gasteiger partial charge in [0.2, 0.25) is 11.6 Å². The first-order chi connectivity index (χ1) is 18.1. The minimum atomic E-state index is -0.391. The number of fused-ring (bicyclic) bond motifs is 2. The smallest absolute Gasteiger partial charge is 0.204 e. The fourth-order valence-electron chi connectivity index (χ4n) is 3.83. The van der Waals surface area contributed by atoms with Gasteiger partial charge in [0, 0.05) is 42.5 Å². The molecule has 0 bridgehead atoms. The number of allylic oxidation sites excluding steroid dienone is 2. The van der Waals surface area contributed by atoms with Crippen molar-refractivity contribution < 1.29 is 33.3 Å². The van der Waals surface area contributed by atoms with Crippen molar-refractivity contribution >= 4 is 34.0 Å². The number of ether oxygens (including phenoxy) is 5. The summed E-state index contributed by atoms with van der Waals surface area (Å²) < 4.78 is 27.3. The Kier molecular flexibility index (Phi) is 6.86. The normalized spacial score (nSPS) is 14.6. The zero-order valence-electron chi connectivity index (χ0n) is 20.2. The van der Waals surface area contributed by atoms with Gasteiger partial charge in [-0.25, -0.2) is 9.97 Å². The summed E-state index contributed by atoms with van der Waals surface area (Å²) in [6, 6.07) is 8.64. The third kappa shape index (κ3) is 5.16. The fourth-order valence-corrected chi connectivity index (χ4v) is 3.83. The van der Waals surface area contributed by atoms with Crippen molar-refractivity contribution in [2.24, 2.45) is 0 Å². The van der Waals surface area contributed by atoms with Gasteiger partial charge in [-0.2, -0.15) is 0 Å². The van der Waals surface area contributed by atoms with E-state index in [4.69, 9.17) is 23.7 Å². The van der Waals surface area contributed by atoms with Crippen molar-refractivity contribution in [2.75, 3.05) is 51.3 Å². The number of carbonyl (C=O) groups excluding carboxylic acids is 2. The van der Waals surface area contributed by atoms with Crippen LogP contribution in [-0.4, -0.2) is 62.2 Å². The summed E-state index contributed by atoms with van der Waals surface area (Å²) in [5.41, 5.74) is 1.38. The van der Waals surface area contributed by atoms with E-state index in [1.807, 2.05) is 0 Å². The molecule has 0 amide bonds. The Hall–Kier alpha value is -4.64. The zero-order chi connectivity index (χ0) is 25.8. The molecule has 0 unspecified atom stereocenters. The number of methoxy groups -OCH3 is 2. The van der Waals surface area contributed by atoms with Gasteiger partial charge in [0.15, 0.2) is 23.0 Å². The van der Waals surface area contributed by atoms with E-state index in [9.17, 15) is 9.59 Å². The molecule has 2 N–H and O–H groups in total. The number of benzene rings is 2.